The molecule has 0 bridgehead atoms. The van der Waals surface area contributed by atoms with E-state index in [-0.39, 0.29) is 6.79 Å². The third kappa shape index (κ3) is 9.57. The normalized spacial score (nSPS) is 12.3. The second kappa shape index (κ2) is 14.2. The van der Waals surface area contributed by atoms with Crippen LogP contribution in [0.1, 0.15) is 30.6 Å². The number of carboxylic acids is 3. The topological polar surface area (TPSA) is 179 Å². The third-order valence-corrected chi connectivity index (χ3v) is 5.49. The highest BCUT2D eigenvalue weighted by Gasteiger charge is 2.40. The molecule has 0 amide bonds. The van der Waals surface area contributed by atoms with Crippen LogP contribution in [0.25, 0.3) is 0 Å². The first-order valence-electron chi connectivity index (χ1n) is 11.7. The number of fused-ring (bicyclic) bond motifs is 1. The van der Waals surface area contributed by atoms with Gasteiger partial charge in [0.15, 0.2) is 17.1 Å². The van der Waals surface area contributed by atoms with Crippen LogP contribution in [0, 0.1) is 0 Å². The lowest BCUT2D eigenvalue weighted by Gasteiger charge is -2.23. The number of hydrogen-bond acceptors (Lipinski definition) is 10. The summed E-state index contributed by atoms with van der Waals surface area (Å²) in [6.45, 7) is 3.80. The zero-order valence-corrected chi connectivity index (χ0v) is 21.6. The molecule has 0 aliphatic carbocycles. The van der Waals surface area contributed by atoms with Crippen molar-refractivity contribution in [3.8, 4) is 17.2 Å². The summed E-state index contributed by atoms with van der Waals surface area (Å²) >= 11 is 0. The molecule has 1 aromatic carbocycles. The Bertz CT molecular complexity index is 1050. The van der Waals surface area contributed by atoms with Crippen LogP contribution in [0.5, 0.6) is 17.2 Å². The van der Waals surface area contributed by atoms with Crippen LogP contribution in [0.15, 0.2) is 34.9 Å². The van der Waals surface area contributed by atoms with Gasteiger partial charge in [-0.2, -0.15) is 0 Å². The molecule has 0 atom stereocenters. The fraction of sp³-hybridized carbons (Fsp3) is 0.480. The van der Waals surface area contributed by atoms with Gasteiger partial charge in [0.25, 0.3) is 0 Å². The Morgan fingerprint density at radius 1 is 1.00 bits per heavy atom. The minimum Gasteiger partial charge on any atom is -0.496 e. The fourth-order valence-electron chi connectivity index (χ4n) is 3.68. The van der Waals surface area contributed by atoms with E-state index in [1.165, 1.54) is 0 Å². The van der Waals surface area contributed by atoms with Crippen molar-refractivity contribution in [3.63, 3.8) is 0 Å². The molecule has 0 saturated heterocycles. The summed E-state index contributed by atoms with van der Waals surface area (Å²) in [5.74, 6) is -1.71. The highest BCUT2D eigenvalue weighted by atomic mass is 16.7. The summed E-state index contributed by atoms with van der Waals surface area (Å²) in [4.78, 5) is 35.0. The maximum atomic E-state index is 10.3. The number of hydrogen-bond donors (Lipinski definition) is 4. The molecule has 1 aliphatic rings. The van der Waals surface area contributed by atoms with Crippen LogP contribution in [-0.4, -0.2) is 94.8 Å². The standard InChI is InChI=1S/C19H26N2O4.C6H8O7/c1-20(2)7-5-8-21(13-16-6-4-9-23-16)12-15-10-18-19(25-14-24-18)11-17(15)22-3;7-3(8)1-6(13,5(11)12)2-4(9)10/h4,6,9-11H,5,7-8,12-14H2,1-3H3;13H,1-2H2,(H,7,8)(H,9,10)(H,11,12). The van der Waals surface area contributed by atoms with Gasteiger partial charge < -0.3 is 44.0 Å². The molecule has 2 aromatic rings. The van der Waals surface area contributed by atoms with Crippen molar-refractivity contribution in [2.45, 2.75) is 38.0 Å². The molecule has 1 aliphatic heterocycles. The van der Waals surface area contributed by atoms with Gasteiger partial charge in [0, 0.05) is 24.7 Å². The van der Waals surface area contributed by atoms with Crippen LogP contribution in [0.4, 0.5) is 0 Å². The lowest BCUT2D eigenvalue weighted by Crippen LogP contribution is -2.42. The Balaban J connectivity index is 0.000000332. The van der Waals surface area contributed by atoms with Crippen molar-refractivity contribution < 1.29 is 53.4 Å². The number of benzene rings is 1. The van der Waals surface area contributed by atoms with Crippen LogP contribution in [-0.2, 0) is 27.5 Å². The number of rotatable bonds is 14. The molecule has 0 fully saturated rings. The SMILES string of the molecule is COc1cc2c(cc1CN(CCCN(C)C)Cc1ccco1)OCO2.O=C(O)CC(O)(CC(=O)O)C(=O)O. The maximum absolute atomic E-state index is 10.3. The summed E-state index contributed by atoms with van der Waals surface area (Å²) in [7, 11) is 5.87. The maximum Gasteiger partial charge on any atom is 0.336 e. The second-order valence-corrected chi connectivity index (χ2v) is 8.94. The predicted octanol–water partition coefficient (Wildman–Crippen LogP) is 1.72. The van der Waals surface area contributed by atoms with E-state index in [0.717, 1.165) is 61.2 Å². The fourth-order valence-corrected chi connectivity index (χ4v) is 3.68. The first-order valence-corrected chi connectivity index (χ1v) is 11.7. The first-order chi connectivity index (χ1) is 17.9. The van der Waals surface area contributed by atoms with Gasteiger partial charge in [0.1, 0.15) is 11.5 Å². The third-order valence-electron chi connectivity index (χ3n) is 5.49. The van der Waals surface area contributed by atoms with Gasteiger partial charge in [0.2, 0.25) is 6.79 Å². The average Bonchev–Trinajstić information content (AvgIpc) is 3.49. The molecule has 38 heavy (non-hydrogen) atoms. The highest BCUT2D eigenvalue weighted by Crippen LogP contribution is 2.38. The average molecular weight is 539 g/mol. The van der Waals surface area contributed by atoms with Gasteiger partial charge in [-0.3, -0.25) is 14.5 Å². The number of furan rings is 1. The van der Waals surface area contributed by atoms with Crippen LogP contribution >= 0.6 is 0 Å². The van der Waals surface area contributed by atoms with E-state index in [1.807, 2.05) is 24.3 Å². The molecule has 3 rings (SSSR count). The molecular formula is C25H34N2O11. The minimum atomic E-state index is -2.74. The Morgan fingerprint density at radius 3 is 2.13 bits per heavy atom. The van der Waals surface area contributed by atoms with E-state index in [2.05, 4.69) is 23.9 Å². The Kier molecular flexibility index (Phi) is 11.4. The Hall–Kier alpha value is -3.81. The molecule has 1 aromatic heterocycles. The lowest BCUT2D eigenvalue weighted by atomic mass is 9.96. The van der Waals surface area contributed by atoms with Gasteiger partial charge >= 0.3 is 17.9 Å². The van der Waals surface area contributed by atoms with Gasteiger partial charge in [-0.15, -0.1) is 0 Å². The summed E-state index contributed by atoms with van der Waals surface area (Å²) < 4.78 is 22.0. The molecule has 4 N–H and O–H groups in total. The van der Waals surface area contributed by atoms with E-state index < -0.39 is 36.4 Å². The van der Waals surface area contributed by atoms with E-state index in [1.54, 1.807) is 13.4 Å². The molecule has 0 spiro atoms. The van der Waals surface area contributed by atoms with Crippen LogP contribution in [0.2, 0.25) is 0 Å². The number of methoxy groups -OCH3 is 1. The number of ether oxygens (including phenoxy) is 3. The monoisotopic (exact) mass is 538 g/mol. The minimum absolute atomic E-state index is 0.265. The number of carbonyl (C=O) groups is 3. The smallest absolute Gasteiger partial charge is 0.336 e. The lowest BCUT2D eigenvalue weighted by molar-refractivity contribution is -0.170. The summed E-state index contributed by atoms with van der Waals surface area (Å²) in [5, 5.41) is 33.8. The van der Waals surface area contributed by atoms with E-state index in [9.17, 15) is 14.4 Å². The molecule has 2 heterocycles. The van der Waals surface area contributed by atoms with Gasteiger partial charge in [0.05, 0.1) is 32.8 Å². The van der Waals surface area contributed by atoms with Gasteiger partial charge in [-0.1, -0.05) is 0 Å². The van der Waals surface area contributed by atoms with E-state index in [4.69, 9.17) is 39.1 Å². The van der Waals surface area contributed by atoms with E-state index in [0.29, 0.717) is 0 Å². The van der Waals surface area contributed by atoms with Gasteiger partial charge in [-0.05, 0) is 45.3 Å². The predicted molar refractivity (Wildman–Crippen MR) is 132 cm³/mol. The number of aliphatic carboxylic acids is 3. The molecule has 0 saturated carbocycles. The van der Waals surface area contributed by atoms with Crippen LogP contribution < -0.4 is 14.2 Å². The van der Waals surface area contributed by atoms with Crippen molar-refractivity contribution >= 4 is 17.9 Å². The second-order valence-electron chi connectivity index (χ2n) is 8.94. The quantitative estimate of drug-likeness (QED) is 0.273. The van der Waals surface area contributed by atoms with Crippen molar-refractivity contribution in [3.05, 3.63) is 41.9 Å². The van der Waals surface area contributed by atoms with Gasteiger partial charge in [-0.25, -0.2) is 4.79 Å². The van der Waals surface area contributed by atoms with Crippen LogP contribution in [0.3, 0.4) is 0 Å². The highest BCUT2D eigenvalue weighted by molar-refractivity contribution is 5.88. The zero-order valence-electron chi connectivity index (χ0n) is 21.6. The molecule has 13 heteroatoms. The molecule has 13 nitrogen and oxygen atoms in total. The molecular weight excluding hydrogens is 504 g/mol. The summed E-state index contributed by atoms with van der Waals surface area (Å²) in [6, 6.07) is 7.86. The summed E-state index contributed by atoms with van der Waals surface area (Å²) in [5.41, 5.74) is -1.65. The van der Waals surface area contributed by atoms with Crippen molar-refractivity contribution in [1.29, 1.82) is 0 Å². The number of nitrogens with zero attached hydrogens (tertiary/aromatic N) is 2. The molecule has 0 radical (unpaired) electrons. The zero-order chi connectivity index (χ0) is 28.3. The summed E-state index contributed by atoms with van der Waals surface area (Å²) in [6.07, 6.45) is 0.512. The number of aliphatic hydroxyl groups is 1. The van der Waals surface area contributed by atoms with Crippen molar-refractivity contribution in [2.24, 2.45) is 0 Å². The van der Waals surface area contributed by atoms with E-state index >= 15 is 0 Å². The molecule has 210 valence electrons. The molecule has 0 unspecified atom stereocenters. The number of carboxylic acid groups (broad SMARTS) is 3. The first kappa shape index (κ1) is 30.4. The Labute approximate surface area is 219 Å². The van der Waals surface area contributed by atoms with Crippen molar-refractivity contribution in [1.82, 2.24) is 9.80 Å². The van der Waals surface area contributed by atoms with Crippen molar-refractivity contribution in [2.75, 3.05) is 41.1 Å². The Morgan fingerprint density at radius 2 is 1.63 bits per heavy atom. The largest absolute Gasteiger partial charge is 0.496 e.